The summed E-state index contributed by atoms with van der Waals surface area (Å²) in [6.45, 7) is 11.3. The van der Waals surface area contributed by atoms with Crippen LogP contribution in [0.1, 0.15) is 16.7 Å². The van der Waals surface area contributed by atoms with E-state index in [1.807, 2.05) is 6.08 Å². The van der Waals surface area contributed by atoms with Crippen molar-refractivity contribution in [1.29, 1.82) is 0 Å². The molecule has 96 valence electrons. The van der Waals surface area contributed by atoms with E-state index in [1.165, 1.54) is 0 Å². The van der Waals surface area contributed by atoms with Crippen LogP contribution in [-0.4, -0.2) is 0 Å². The maximum absolute atomic E-state index is 6.27. The highest BCUT2D eigenvalue weighted by molar-refractivity contribution is 6.48. The second-order valence-electron chi connectivity index (χ2n) is 3.86. The number of rotatable bonds is 6. The van der Waals surface area contributed by atoms with Crippen molar-refractivity contribution in [2.45, 2.75) is 19.3 Å². The summed E-state index contributed by atoms with van der Waals surface area (Å²) >= 11 is 18.7. The summed E-state index contributed by atoms with van der Waals surface area (Å²) < 4.78 is 0. The van der Waals surface area contributed by atoms with Gasteiger partial charge >= 0.3 is 0 Å². The van der Waals surface area contributed by atoms with E-state index >= 15 is 0 Å². The molecule has 3 heteroatoms. The molecule has 0 aliphatic heterocycles. The van der Waals surface area contributed by atoms with Crippen LogP contribution in [0.15, 0.2) is 38.0 Å². The Morgan fingerprint density at radius 1 is 0.611 bits per heavy atom. The Morgan fingerprint density at radius 3 is 1.28 bits per heavy atom. The fourth-order valence-corrected chi connectivity index (χ4v) is 2.76. The molecule has 0 saturated heterocycles. The van der Waals surface area contributed by atoms with E-state index in [0.717, 1.165) is 16.7 Å². The lowest BCUT2D eigenvalue weighted by Crippen LogP contribution is -2.02. The van der Waals surface area contributed by atoms with Crippen molar-refractivity contribution in [2.24, 2.45) is 0 Å². The van der Waals surface area contributed by atoms with Crippen molar-refractivity contribution >= 4 is 34.8 Å². The maximum atomic E-state index is 6.27. The number of allylic oxidation sites excluding steroid dienone is 3. The normalized spacial score (nSPS) is 10.2. The topological polar surface area (TPSA) is 0 Å². The summed E-state index contributed by atoms with van der Waals surface area (Å²) in [7, 11) is 0. The van der Waals surface area contributed by atoms with Gasteiger partial charge in [-0.2, -0.15) is 0 Å². The van der Waals surface area contributed by atoms with E-state index in [2.05, 4.69) is 19.7 Å². The van der Waals surface area contributed by atoms with Crippen LogP contribution in [0.25, 0.3) is 0 Å². The molecule has 1 aromatic carbocycles. The minimum Gasteiger partial charge on any atom is -0.103 e. The zero-order valence-electron chi connectivity index (χ0n) is 10.1. The van der Waals surface area contributed by atoms with E-state index in [0.29, 0.717) is 34.3 Å². The summed E-state index contributed by atoms with van der Waals surface area (Å²) in [5.41, 5.74) is 3.01. The first-order chi connectivity index (χ1) is 8.58. The minimum atomic E-state index is 0.403. The van der Waals surface area contributed by atoms with E-state index in [-0.39, 0.29) is 0 Å². The zero-order valence-corrected chi connectivity index (χ0v) is 12.4. The van der Waals surface area contributed by atoms with Gasteiger partial charge < -0.3 is 0 Å². The highest BCUT2D eigenvalue weighted by atomic mass is 35.5. The van der Waals surface area contributed by atoms with Crippen LogP contribution in [0.4, 0.5) is 0 Å². The molecule has 0 N–H and O–H groups in total. The molecule has 0 spiro atoms. The van der Waals surface area contributed by atoms with Gasteiger partial charge in [0.25, 0.3) is 0 Å². The van der Waals surface area contributed by atoms with Crippen molar-refractivity contribution in [3.05, 3.63) is 69.7 Å². The fourth-order valence-electron chi connectivity index (χ4n) is 1.91. The summed E-state index contributed by atoms with van der Waals surface area (Å²) in [5, 5.41) is 1.41. The van der Waals surface area contributed by atoms with E-state index < -0.39 is 0 Å². The molecule has 0 nitrogen and oxygen atoms in total. The van der Waals surface area contributed by atoms with Gasteiger partial charge in [-0.25, -0.2) is 0 Å². The summed E-state index contributed by atoms with van der Waals surface area (Å²) in [5.74, 6) is 0. The molecular weight excluding hydrogens is 287 g/mol. The second-order valence-corrected chi connectivity index (χ2v) is 4.99. The molecule has 0 heterocycles. The molecular formula is C15H15Cl3. The lowest BCUT2D eigenvalue weighted by Gasteiger charge is -2.17. The first-order valence-electron chi connectivity index (χ1n) is 5.58. The van der Waals surface area contributed by atoms with Gasteiger partial charge in [-0.1, -0.05) is 53.0 Å². The molecule has 0 aliphatic carbocycles. The lowest BCUT2D eigenvalue weighted by atomic mass is 9.94. The number of hydrogen-bond acceptors (Lipinski definition) is 0. The predicted molar refractivity (Wildman–Crippen MR) is 83.2 cm³/mol. The molecule has 0 bridgehead atoms. The second kappa shape index (κ2) is 7.04. The highest BCUT2D eigenvalue weighted by Gasteiger charge is 2.18. The van der Waals surface area contributed by atoms with Gasteiger partial charge in [-0.05, 0) is 36.0 Å². The standard InChI is InChI=1S/C15H15Cl3/c1-4-7-10-11(8-5-2)13(16)15(18)14(17)12(10)9-6-3/h4-6H,1-3,7-9H2. The highest BCUT2D eigenvalue weighted by Crippen LogP contribution is 2.40. The monoisotopic (exact) mass is 300 g/mol. The average molecular weight is 302 g/mol. The molecule has 0 aromatic heterocycles. The molecule has 0 unspecified atom stereocenters. The maximum Gasteiger partial charge on any atom is 0.0784 e. The third-order valence-electron chi connectivity index (χ3n) is 2.69. The van der Waals surface area contributed by atoms with Crippen molar-refractivity contribution in [3.8, 4) is 0 Å². The average Bonchev–Trinajstić information content (AvgIpc) is 2.36. The first kappa shape index (κ1) is 15.4. The van der Waals surface area contributed by atoms with Gasteiger partial charge in [0.05, 0.1) is 15.1 Å². The zero-order chi connectivity index (χ0) is 13.7. The molecule has 0 radical (unpaired) electrons. The van der Waals surface area contributed by atoms with Crippen molar-refractivity contribution in [2.75, 3.05) is 0 Å². The first-order valence-corrected chi connectivity index (χ1v) is 6.71. The van der Waals surface area contributed by atoms with Gasteiger partial charge in [0, 0.05) is 0 Å². The molecule has 0 fully saturated rings. The summed E-state index contributed by atoms with van der Waals surface area (Å²) in [4.78, 5) is 0. The smallest absolute Gasteiger partial charge is 0.0784 e. The van der Waals surface area contributed by atoms with Crippen LogP contribution in [0.5, 0.6) is 0 Å². The van der Waals surface area contributed by atoms with Gasteiger partial charge in [-0.15, -0.1) is 19.7 Å². The Morgan fingerprint density at radius 2 is 0.944 bits per heavy atom. The van der Waals surface area contributed by atoms with Gasteiger partial charge in [0.1, 0.15) is 0 Å². The lowest BCUT2D eigenvalue weighted by molar-refractivity contribution is 1.09. The van der Waals surface area contributed by atoms with Crippen LogP contribution in [0.3, 0.4) is 0 Å². The van der Waals surface area contributed by atoms with Crippen LogP contribution >= 0.6 is 34.8 Å². The number of hydrogen-bond donors (Lipinski definition) is 0. The fraction of sp³-hybridized carbons (Fsp3) is 0.200. The largest absolute Gasteiger partial charge is 0.103 e. The molecule has 1 aromatic rings. The SMILES string of the molecule is C=CCc1c(Cl)c(Cl)c(Cl)c(CC=C)c1CC=C. The number of benzene rings is 1. The Bertz CT molecular complexity index is 450. The molecule has 0 saturated carbocycles. The van der Waals surface area contributed by atoms with Crippen molar-refractivity contribution in [1.82, 2.24) is 0 Å². The quantitative estimate of drug-likeness (QED) is 0.458. The van der Waals surface area contributed by atoms with Gasteiger partial charge in [-0.3, -0.25) is 0 Å². The van der Waals surface area contributed by atoms with E-state index in [1.54, 1.807) is 12.2 Å². The Labute approximate surface area is 124 Å². The van der Waals surface area contributed by atoms with Gasteiger partial charge in [0.2, 0.25) is 0 Å². The van der Waals surface area contributed by atoms with Gasteiger partial charge in [0.15, 0.2) is 0 Å². The Balaban J connectivity index is 3.60. The van der Waals surface area contributed by atoms with Crippen molar-refractivity contribution in [3.63, 3.8) is 0 Å². The number of halogens is 3. The molecule has 0 amide bonds. The summed E-state index contributed by atoms with van der Waals surface area (Å²) in [6.07, 6.45) is 7.44. The van der Waals surface area contributed by atoms with E-state index in [4.69, 9.17) is 34.8 Å². The van der Waals surface area contributed by atoms with Crippen LogP contribution in [0, 0.1) is 0 Å². The van der Waals surface area contributed by atoms with E-state index in [9.17, 15) is 0 Å². The van der Waals surface area contributed by atoms with Crippen LogP contribution in [-0.2, 0) is 19.3 Å². The Hall–Kier alpha value is -0.690. The van der Waals surface area contributed by atoms with Crippen LogP contribution in [0.2, 0.25) is 15.1 Å². The third kappa shape index (κ3) is 3.00. The van der Waals surface area contributed by atoms with Crippen LogP contribution < -0.4 is 0 Å². The Kier molecular flexibility index (Phi) is 6.01. The minimum absolute atomic E-state index is 0.403. The summed E-state index contributed by atoms with van der Waals surface area (Å²) in [6, 6.07) is 0. The third-order valence-corrected chi connectivity index (χ3v) is 4.09. The molecule has 0 atom stereocenters. The molecule has 1 rings (SSSR count). The molecule has 0 aliphatic rings. The molecule has 18 heavy (non-hydrogen) atoms. The van der Waals surface area contributed by atoms with Crippen molar-refractivity contribution < 1.29 is 0 Å². The predicted octanol–water partition coefficient (Wildman–Crippen LogP) is 5.83.